The molecule has 0 aromatic rings. The van der Waals surface area contributed by atoms with Gasteiger partial charge in [0.1, 0.15) is 0 Å². The molecule has 0 bridgehead atoms. The van der Waals surface area contributed by atoms with Crippen LogP contribution in [0.25, 0.3) is 0 Å². The van der Waals surface area contributed by atoms with Crippen LogP contribution >= 0.6 is 0 Å². The molecule has 0 unspecified atom stereocenters. The van der Waals surface area contributed by atoms with Crippen molar-refractivity contribution in [2.45, 2.75) is 40.5 Å². The summed E-state index contributed by atoms with van der Waals surface area (Å²) in [6.07, 6.45) is 6.13. The Balaban J connectivity index is 3.90. The smallest absolute Gasteiger partial charge is 0.226 e. The number of nitrogens with two attached hydrogens (primary N) is 1. The molecular formula is C11H21NO. The van der Waals surface area contributed by atoms with E-state index in [1.807, 2.05) is 26.0 Å². The number of hydrogen-bond donors (Lipinski definition) is 1. The molecule has 13 heavy (non-hydrogen) atoms. The summed E-state index contributed by atoms with van der Waals surface area (Å²) in [7, 11) is 0. The van der Waals surface area contributed by atoms with E-state index in [0.29, 0.717) is 5.92 Å². The maximum atomic E-state index is 10.9. The average Bonchev–Trinajstić information content (AvgIpc) is 1.97. The van der Waals surface area contributed by atoms with Crippen molar-refractivity contribution in [3.05, 3.63) is 12.2 Å². The van der Waals surface area contributed by atoms with Gasteiger partial charge in [-0.25, -0.2) is 0 Å². The number of carbonyl (C=O) groups excluding carboxylic acids is 1. The molecule has 1 amide bonds. The van der Waals surface area contributed by atoms with E-state index < -0.39 is 5.41 Å². The Bertz CT molecular complexity index is 192. The van der Waals surface area contributed by atoms with Crippen LogP contribution < -0.4 is 5.73 Å². The van der Waals surface area contributed by atoms with Gasteiger partial charge in [0.25, 0.3) is 0 Å². The van der Waals surface area contributed by atoms with Crippen LogP contribution in [0.5, 0.6) is 0 Å². The number of rotatable bonds is 5. The van der Waals surface area contributed by atoms with Crippen LogP contribution in [0.15, 0.2) is 12.2 Å². The Kier molecular flexibility index (Phi) is 4.74. The summed E-state index contributed by atoms with van der Waals surface area (Å²) in [4.78, 5) is 10.9. The van der Waals surface area contributed by atoms with Crippen LogP contribution in [0.1, 0.15) is 40.5 Å². The molecule has 0 aromatic carbocycles. The first-order chi connectivity index (χ1) is 5.86. The van der Waals surface area contributed by atoms with Gasteiger partial charge in [-0.3, -0.25) is 4.79 Å². The lowest BCUT2D eigenvalue weighted by molar-refractivity contribution is -0.123. The lowest BCUT2D eigenvalue weighted by atomic mass is 9.91. The van der Waals surface area contributed by atoms with Gasteiger partial charge in [0, 0.05) is 0 Å². The van der Waals surface area contributed by atoms with Crippen molar-refractivity contribution >= 4 is 5.91 Å². The molecule has 0 rings (SSSR count). The van der Waals surface area contributed by atoms with E-state index in [1.165, 1.54) is 0 Å². The minimum absolute atomic E-state index is 0.270. The van der Waals surface area contributed by atoms with Crippen molar-refractivity contribution in [2.75, 3.05) is 0 Å². The maximum Gasteiger partial charge on any atom is 0.226 e. The summed E-state index contributed by atoms with van der Waals surface area (Å²) in [6.45, 7) is 8.04. The molecule has 0 saturated heterocycles. The van der Waals surface area contributed by atoms with Gasteiger partial charge in [-0.05, 0) is 32.6 Å². The molecule has 0 fully saturated rings. The molecule has 2 nitrogen and oxygen atoms in total. The zero-order chi connectivity index (χ0) is 10.5. The van der Waals surface area contributed by atoms with Crippen LogP contribution in [-0.2, 0) is 4.79 Å². The fourth-order valence-electron chi connectivity index (χ4n) is 0.890. The van der Waals surface area contributed by atoms with E-state index >= 15 is 0 Å². The molecule has 2 N–H and O–H groups in total. The van der Waals surface area contributed by atoms with E-state index in [4.69, 9.17) is 5.73 Å². The molecule has 0 aromatic heterocycles. The highest BCUT2D eigenvalue weighted by Gasteiger charge is 2.20. The summed E-state index contributed by atoms with van der Waals surface area (Å²) >= 11 is 0. The molecular weight excluding hydrogens is 162 g/mol. The van der Waals surface area contributed by atoms with Crippen molar-refractivity contribution in [3.8, 4) is 0 Å². The van der Waals surface area contributed by atoms with E-state index in [0.717, 1.165) is 12.8 Å². The Morgan fingerprint density at radius 1 is 1.46 bits per heavy atom. The first-order valence-electron chi connectivity index (χ1n) is 4.84. The van der Waals surface area contributed by atoms with Gasteiger partial charge in [0.15, 0.2) is 0 Å². The Labute approximate surface area is 81.2 Å². The quantitative estimate of drug-likeness (QED) is 0.654. The van der Waals surface area contributed by atoms with Crippen molar-refractivity contribution in [2.24, 2.45) is 17.1 Å². The van der Waals surface area contributed by atoms with Gasteiger partial charge in [0.2, 0.25) is 5.91 Å². The highest BCUT2D eigenvalue weighted by Crippen LogP contribution is 2.16. The summed E-state index contributed by atoms with van der Waals surface area (Å²) in [5, 5.41) is 0. The predicted octanol–water partition coefficient (Wildman–Crippen LogP) is 2.49. The van der Waals surface area contributed by atoms with Gasteiger partial charge >= 0.3 is 0 Å². The lowest BCUT2D eigenvalue weighted by Crippen LogP contribution is -2.29. The van der Waals surface area contributed by atoms with E-state index in [-0.39, 0.29) is 5.91 Å². The van der Waals surface area contributed by atoms with Gasteiger partial charge in [0.05, 0.1) is 5.41 Å². The minimum Gasteiger partial charge on any atom is -0.369 e. The number of primary amides is 1. The van der Waals surface area contributed by atoms with Crippen molar-refractivity contribution < 1.29 is 4.79 Å². The van der Waals surface area contributed by atoms with Crippen LogP contribution in [-0.4, -0.2) is 5.91 Å². The second-order valence-corrected chi connectivity index (χ2v) is 4.46. The molecule has 2 heteroatoms. The Morgan fingerprint density at radius 2 is 2.00 bits per heavy atom. The Hall–Kier alpha value is -0.790. The van der Waals surface area contributed by atoms with Gasteiger partial charge in [-0.2, -0.15) is 0 Å². The van der Waals surface area contributed by atoms with Crippen molar-refractivity contribution in [1.82, 2.24) is 0 Å². The third-order valence-corrected chi connectivity index (χ3v) is 2.08. The fourth-order valence-corrected chi connectivity index (χ4v) is 0.890. The molecule has 0 aliphatic heterocycles. The number of amides is 1. The van der Waals surface area contributed by atoms with Crippen LogP contribution in [0, 0.1) is 11.3 Å². The minimum atomic E-state index is -0.503. The summed E-state index contributed by atoms with van der Waals surface area (Å²) < 4.78 is 0. The topological polar surface area (TPSA) is 43.1 Å². The van der Waals surface area contributed by atoms with Crippen LogP contribution in [0.2, 0.25) is 0 Å². The molecule has 0 atom stereocenters. The third-order valence-electron chi connectivity index (χ3n) is 2.08. The molecule has 0 radical (unpaired) electrons. The first-order valence-corrected chi connectivity index (χ1v) is 4.84. The van der Waals surface area contributed by atoms with E-state index in [9.17, 15) is 4.79 Å². The Morgan fingerprint density at radius 3 is 2.38 bits per heavy atom. The SMILES string of the molecule is CC(C)CC/C=C/C(C)(C)C(N)=O. The first kappa shape index (κ1) is 12.2. The average molecular weight is 183 g/mol. The normalized spacial score (nSPS) is 12.7. The molecule has 0 heterocycles. The molecule has 0 aliphatic rings. The summed E-state index contributed by atoms with van der Waals surface area (Å²) in [5.41, 5.74) is 4.72. The predicted molar refractivity (Wildman–Crippen MR) is 56.2 cm³/mol. The highest BCUT2D eigenvalue weighted by molar-refractivity contribution is 5.81. The van der Waals surface area contributed by atoms with Gasteiger partial charge in [-0.1, -0.05) is 26.0 Å². The zero-order valence-electron chi connectivity index (χ0n) is 9.13. The van der Waals surface area contributed by atoms with Gasteiger partial charge < -0.3 is 5.73 Å². The van der Waals surface area contributed by atoms with E-state index in [2.05, 4.69) is 13.8 Å². The second kappa shape index (κ2) is 5.05. The number of allylic oxidation sites excluding steroid dienone is 1. The summed E-state index contributed by atoms with van der Waals surface area (Å²) in [6, 6.07) is 0. The molecule has 0 spiro atoms. The largest absolute Gasteiger partial charge is 0.369 e. The lowest BCUT2D eigenvalue weighted by Gasteiger charge is -2.14. The van der Waals surface area contributed by atoms with Crippen molar-refractivity contribution in [1.29, 1.82) is 0 Å². The van der Waals surface area contributed by atoms with Crippen molar-refractivity contribution in [3.63, 3.8) is 0 Å². The van der Waals surface area contributed by atoms with Crippen LogP contribution in [0.3, 0.4) is 0 Å². The second-order valence-electron chi connectivity index (χ2n) is 4.46. The number of hydrogen-bond acceptors (Lipinski definition) is 1. The van der Waals surface area contributed by atoms with Gasteiger partial charge in [-0.15, -0.1) is 0 Å². The fraction of sp³-hybridized carbons (Fsp3) is 0.727. The number of carbonyl (C=O) groups is 1. The monoisotopic (exact) mass is 183 g/mol. The molecule has 76 valence electrons. The zero-order valence-corrected chi connectivity index (χ0v) is 9.13. The van der Waals surface area contributed by atoms with Crippen LogP contribution in [0.4, 0.5) is 0 Å². The standard InChI is InChI=1S/C11H21NO/c1-9(2)7-5-6-8-11(3,4)10(12)13/h6,8-9H,5,7H2,1-4H3,(H2,12,13)/b8-6+. The molecule has 0 saturated carbocycles. The maximum absolute atomic E-state index is 10.9. The highest BCUT2D eigenvalue weighted by atomic mass is 16.1. The summed E-state index contributed by atoms with van der Waals surface area (Å²) in [5.74, 6) is 0.439. The molecule has 0 aliphatic carbocycles. The third kappa shape index (κ3) is 5.45. The van der Waals surface area contributed by atoms with E-state index in [1.54, 1.807) is 0 Å².